The zero-order chi connectivity index (χ0) is 10.1. The van der Waals surface area contributed by atoms with Crippen LogP contribution in [-0.2, 0) is 11.2 Å². The van der Waals surface area contributed by atoms with Crippen molar-refractivity contribution in [1.82, 2.24) is 0 Å². The number of rotatable bonds is 1. The molecule has 0 fully saturated rings. The number of halogens is 1. The van der Waals surface area contributed by atoms with Gasteiger partial charge >= 0.3 is 0 Å². The molecule has 1 amide bonds. The third-order valence-electron chi connectivity index (χ3n) is 2.16. The molecule has 1 aliphatic rings. The van der Waals surface area contributed by atoms with Crippen molar-refractivity contribution in [1.29, 1.82) is 0 Å². The molecule has 1 aromatic carbocycles. The van der Waals surface area contributed by atoms with Gasteiger partial charge in [-0.25, -0.2) is 0 Å². The monoisotopic (exact) mass is 251 g/mol. The first-order chi connectivity index (χ1) is 6.66. The molecule has 0 saturated heterocycles. The molecule has 1 aromatic rings. The first-order valence-corrected chi connectivity index (χ1v) is 5.22. The van der Waals surface area contributed by atoms with Crippen LogP contribution >= 0.6 is 15.9 Å². The fraction of sp³-hybridized carbons (Fsp3) is 0.182. The molecule has 1 aliphatic carbocycles. The van der Waals surface area contributed by atoms with Gasteiger partial charge in [-0.3, -0.25) is 4.79 Å². The van der Waals surface area contributed by atoms with E-state index in [9.17, 15) is 4.79 Å². The standard InChI is InChI=1S/C11H10BrNO/c1-7(14)13-11-6-9(12)5-8-3-2-4-10(8)11/h2,4-6H,3H2,1H3,(H,13,14). The highest BCUT2D eigenvalue weighted by Gasteiger charge is 2.11. The van der Waals surface area contributed by atoms with Crippen molar-refractivity contribution in [2.24, 2.45) is 0 Å². The maximum Gasteiger partial charge on any atom is 0.221 e. The lowest BCUT2D eigenvalue weighted by Crippen LogP contribution is -2.07. The van der Waals surface area contributed by atoms with Crippen LogP contribution in [0.25, 0.3) is 6.08 Å². The van der Waals surface area contributed by atoms with Crippen molar-refractivity contribution < 1.29 is 4.79 Å². The molecule has 2 nitrogen and oxygen atoms in total. The second-order valence-corrected chi connectivity index (χ2v) is 4.23. The van der Waals surface area contributed by atoms with Crippen molar-refractivity contribution in [3.05, 3.63) is 33.8 Å². The average molecular weight is 252 g/mol. The average Bonchev–Trinajstić information content (AvgIpc) is 2.50. The maximum absolute atomic E-state index is 11.0. The molecule has 0 heterocycles. The van der Waals surface area contributed by atoms with E-state index in [-0.39, 0.29) is 5.91 Å². The van der Waals surface area contributed by atoms with Gasteiger partial charge in [0.05, 0.1) is 0 Å². The van der Waals surface area contributed by atoms with Crippen LogP contribution in [0, 0.1) is 0 Å². The summed E-state index contributed by atoms with van der Waals surface area (Å²) in [6, 6.07) is 4.01. The number of allylic oxidation sites excluding steroid dienone is 1. The lowest BCUT2D eigenvalue weighted by molar-refractivity contribution is -0.114. The Morgan fingerprint density at radius 1 is 1.50 bits per heavy atom. The van der Waals surface area contributed by atoms with Gasteiger partial charge in [0.15, 0.2) is 0 Å². The van der Waals surface area contributed by atoms with E-state index in [1.165, 1.54) is 12.5 Å². The maximum atomic E-state index is 11.0. The highest BCUT2D eigenvalue weighted by molar-refractivity contribution is 9.10. The van der Waals surface area contributed by atoms with Crippen LogP contribution in [0.2, 0.25) is 0 Å². The van der Waals surface area contributed by atoms with E-state index in [2.05, 4.69) is 33.4 Å². The summed E-state index contributed by atoms with van der Waals surface area (Å²) in [4.78, 5) is 11.0. The molecular formula is C11H10BrNO. The fourth-order valence-corrected chi connectivity index (χ4v) is 2.14. The summed E-state index contributed by atoms with van der Waals surface area (Å²) in [6.07, 6.45) is 5.09. The molecule has 72 valence electrons. The van der Waals surface area contributed by atoms with Crippen molar-refractivity contribution in [3.63, 3.8) is 0 Å². The van der Waals surface area contributed by atoms with Crippen molar-refractivity contribution >= 4 is 33.6 Å². The summed E-state index contributed by atoms with van der Waals surface area (Å²) in [6.45, 7) is 1.52. The third kappa shape index (κ3) is 1.73. The molecule has 0 saturated carbocycles. The minimum absolute atomic E-state index is 0.0365. The van der Waals surface area contributed by atoms with E-state index in [0.717, 1.165) is 22.1 Å². The number of anilines is 1. The Bertz CT molecular complexity index is 424. The second-order valence-electron chi connectivity index (χ2n) is 3.31. The lowest BCUT2D eigenvalue weighted by Gasteiger charge is -2.08. The summed E-state index contributed by atoms with van der Waals surface area (Å²) in [5.41, 5.74) is 3.27. The van der Waals surface area contributed by atoms with Gasteiger partial charge in [0.25, 0.3) is 0 Å². The molecule has 0 atom stereocenters. The molecule has 0 aliphatic heterocycles. The number of carbonyl (C=O) groups excluding carboxylic acids is 1. The lowest BCUT2D eigenvalue weighted by atomic mass is 10.1. The first-order valence-electron chi connectivity index (χ1n) is 4.43. The Balaban J connectivity index is 2.47. The Morgan fingerprint density at radius 3 is 3.00 bits per heavy atom. The molecular weight excluding hydrogens is 242 g/mol. The number of amides is 1. The quantitative estimate of drug-likeness (QED) is 0.817. The van der Waals surface area contributed by atoms with Gasteiger partial charge in [-0.15, -0.1) is 0 Å². The summed E-state index contributed by atoms with van der Waals surface area (Å²) < 4.78 is 1.00. The Hall–Kier alpha value is -1.09. The largest absolute Gasteiger partial charge is 0.326 e. The van der Waals surface area contributed by atoms with Gasteiger partial charge in [-0.05, 0) is 24.1 Å². The Labute approximate surface area is 91.1 Å². The van der Waals surface area contributed by atoms with Crippen molar-refractivity contribution in [3.8, 4) is 0 Å². The highest BCUT2D eigenvalue weighted by atomic mass is 79.9. The minimum atomic E-state index is -0.0365. The fourth-order valence-electron chi connectivity index (χ4n) is 1.64. The molecule has 0 bridgehead atoms. The zero-order valence-electron chi connectivity index (χ0n) is 7.80. The van der Waals surface area contributed by atoms with Gasteiger partial charge in [0, 0.05) is 22.6 Å². The van der Waals surface area contributed by atoms with Crippen molar-refractivity contribution in [2.45, 2.75) is 13.3 Å². The minimum Gasteiger partial charge on any atom is -0.326 e. The molecule has 0 aromatic heterocycles. The Morgan fingerprint density at radius 2 is 2.29 bits per heavy atom. The van der Waals surface area contributed by atoms with Crippen molar-refractivity contribution in [2.75, 3.05) is 5.32 Å². The second kappa shape index (κ2) is 3.58. The number of benzene rings is 1. The molecule has 2 rings (SSSR count). The number of carbonyl (C=O) groups is 1. The van der Waals surface area contributed by atoms with E-state index >= 15 is 0 Å². The predicted molar refractivity (Wildman–Crippen MR) is 61.2 cm³/mol. The molecule has 0 unspecified atom stereocenters. The number of hydrogen-bond acceptors (Lipinski definition) is 1. The van der Waals surface area contributed by atoms with E-state index in [4.69, 9.17) is 0 Å². The van der Waals surface area contributed by atoms with Crippen LogP contribution < -0.4 is 5.32 Å². The smallest absolute Gasteiger partial charge is 0.221 e. The SMILES string of the molecule is CC(=O)Nc1cc(Br)cc2c1C=CC2. The topological polar surface area (TPSA) is 29.1 Å². The van der Waals surface area contributed by atoms with Crippen LogP contribution in [0.4, 0.5) is 5.69 Å². The third-order valence-corrected chi connectivity index (χ3v) is 2.62. The van der Waals surface area contributed by atoms with E-state index < -0.39 is 0 Å². The number of nitrogens with one attached hydrogen (secondary N) is 1. The van der Waals surface area contributed by atoms with Crippen LogP contribution in [0.3, 0.4) is 0 Å². The van der Waals surface area contributed by atoms with Gasteiger partial charge in [-0.1, -0.05) is 28.1 Å². The number of hydrogen-bond donors (Lipinski definition) is 1. The number of fused-ring (bicyclic) bond motifs is 1. The molecule has 1 N–H and O–H groups in total. The van der Waals surface area contributed by atoms with Gasteiger partial charge < -0.3 is 5.32 Å². The molecule has 0 radical (unpaired) electrons. The van der Waals surface area contributed by atoms with Crippen LogP contribution in [0.15, 0.2) is 22.7 Å². The summed E-state index contributed by atoms with van der Waals surface area (Å²) in [7, 11) is 0. The van der Waals surface area contributed by atoms with E-state index in [0.29, 0.717) is 0 Å². The zero-order valence-corrected chi connectivity index (χ0v) is 9.39. The Kier molecular flexibility index (Phi) is 2.42. The summed E-state index contributed by atoms with van der Waals surface area (Å²) >= 11 is 3.43. The summed E-state index contributed by atoms with van der Waals surface area (Å²) in [5, 5.41) is 2.83. The van der Waals surface area contributed by atoms with E-state index in [1.807, 2.05) is 12.1 Å². The molecule has 3 heteroatoms. The highest BCUT2D eigenvalue weighted by Crippen LogP contribution is 2.31. The normalized spacial score (nSPS) is 12.7. The predicted octanol–water partition coefficient (Wildman–Crippen LogP) is 2.98. The van der Waals surface area contributed by atoms with Crippen LogP contribution in [0.1, 0.15) is 18.1 Å². The summed E-state index contributed by atoms with van der Waals surface area (Å²) in [5.74, 6) is -0.0365. The van der Waals surface area contributed by atoms with Crippen LogP contribution in [-0.4, -0.2) is 5.91 Å². The molecule has 14 heavy (non-hydrogen) atoms. The van der Waals surface area contributed by atoms with Gasteiger partial charge in [0.2, 0.25) is 5.91 Å². The van der Waals surface area contributed by atoms with E-state index in [1.54, 1.807) is 0 Å². The molecule has 0 spiro atoms. The first kappa shape index (κ1) is 9.46. The van der Waals surface area contributed by atoms with Crippen LogP contribution in [0.5, 0.6) is 0 Å². The van der Waals surface area contributed by atoms with Gasteiger partial charge in [-0.2, -0.15) is 0 Å². The van der Waals surface area contributed by atoms with Gasteiger partial charge in [0.1, 0.15) is 0 Å².